The predicted molar refractivity (Wildman–Crippen MR) is 85.7 cm³/mol. The molecule has 0 aromatic rings. The number of hydrogen-bond donors (Lipinski definition) is 0. The van der Waals surface area contributed by atoms with E-state index in [2.05, 4.69) is 41.0 Å². The molecule has 0 heterocycles. The molecule has 0 saturated heterocycles. The van der Waals surface area contributed by atoms with Gasteiger partial charge in [-0.15, -0.1) is 11.6 Å². The fraction of sp³-hybridized carbons (Fsp3) is 0.375. The molecule has 7 heteroatoms. The zero-order valence-corrected chi connectivity index (χ0v) is 17.0. The molecule has 0 amide bonds. The Labute approximate surface area is 158 Å². The summed E-state index contributed by atoms with van der Waals surface area (Å²) >= 11 is 5.57. The van der Waals surface area contributed by atoms with E-state index in [0.717, 1.165) is 11.8 Å². The molecular weight excluding hydrogens is 507 g/mol. The van der Waals surface area contributed by atoms with Gasteiger partial charge in [0.25, 0.3) is 0 Å². The van der Waals surface area contributed by atoms with Gasteiger partial charge in [0.2, 0.25) is 0 Å². The Morgan fingerprint density at radius 2 is 1.13 bits per heavy atom. The first kappa shape index (κ1) is 26.0. The van der Waals surface area contributed by atoms with Crippen LogP contribution in [0.15, 0.2) is 0 Å². The monoisotopic (exact) mass is 528 g/mol. The van der Waals surface area contributed by atoms with Crippen molar-refractivity contribution in [2.75, 3.05) is 0 Å². The van der Waals surface area contributed by atoms with Gasteiger partial charge in [-0.1, -0.05) is 34.6 Å². The molecule has 0 N–H and O–H groups in total. The molecule has 0 bridgehead atoms. The van der Waals surface area contributed by atoms with Crippen LogP contribution in [-0.2, 0) is 20.1 Å². The maximum Gasteiger partial charge on any atom is 0.673 e. The SMILES string of the molecule is C[C]1[C](C)[C](C)[C](C)[C]1C.Cl[C]1[CH][CH][CH]C[CH]1.F[B-](F)(F)F.[Ir]. The van der Waals surface area contributed by atoms with Crippen LogP contribution < -0.4 is 0 Å². The van der Waals surface area contributed by atoms with Crippen molar-refractivity contribution in [1.82, 2.24) is 0 Å². The Morgan fingerprint density at radius 3 is 1.26 bits per heavy atom. The molecule has 2 aliphatic carbocycles. The Bertz CT molecular complexity index is 247. The average molecular weight is 528 g/mol. The fourth-order valence-electron chi connectivity index (χ4n) is 1.89. The van der Waals surface area contributed by atoms with E-state index >= 15 is 0 Å². The van der Waals surface area contributed by atoms with Gasteiger partial charge in [0.15, 0.2) is 0 Å². The van der Waals surface area contributed by atoms with Crippen LogP contribution in [0.1, 0.15) is 41.0 Å². The van der Waals surface area contributed by atoms with Gasteiger partial charge < -0.3 is 17.3 Å². The maximum absolute atomic E-state index is 9.75. The van der Waals surface area contributed by atoms with E-state index in [1.165, 1.54) is 29.6 Å². The van der Waals surface area contributed by atoms with E-state index in [1.54, 1.807) is 0 Å². The third-order valence-corrected chi connectivity index (χ3v) is 3.93. The number of hydrogen-bond acceptors (Lipinski definition) is 0. The average Bonchev–Trinajstić information content (AvgIpc) is 2.57. The molecule has 23 heavy (non-hydrogen) atoms. The van der Waals surface area contributed by atoms with Crippen molar-refractivity contribution in [1.29, 1.82) is 0 Å². The van der Waals surface area contributed by atoms with Crippen molar-refractivity contribution in [3.8, 4) is 0 Å². The van der Waals surface area contributed by atoms with Crippen molar-refractivity contribution < 1.29 is 37.4 Å². The van der Waals surface area contributed by atoms with Crippen LogP contribution >= 0.6 is 11.6 Å². The van der Waals surface area contributed by atoms with Gasteiger partial charge in [0, 0.05) is 20.1 Å². The van der Waals surface area contributed by atoms with Crippen LogP contribution in [0.2, 0.25) is 0 Å². The topological polar surface area (TPSA) is 0 Å². The third-order valence-electron chi connectivity index (χ3n) is 3.65. The minimum atomic E-state index is -6.00. The van der Waals surface area contributed by atoms with Gasteiger partial charge in [-0.25, -0.2) is 0 Å². The van der Waals surface area contributed by atoms with Gasteiger partial charge in [0.05, 0.1) is 5.38 Å². The van der Waals surface area contributed by atoms with E-state index in [9.17, 15) is 17.3 Å². The summed E-state index contributed by atoms with van der Waals surface area (Å²) in [6, 6.07) is 0. The van der Waals surface area contributed by atoms with Gasteiger partial charge in [0.1, 0.15) is 0 Å². The molecule has 2 aliphatic rings. The van der Waals surface area contributed by atoms with E-state index in [1.807, 2.05) is 19.3 Å². The number of rotatable bonds is 0. The van der Waals surface area contributed by atoms with Crippen LogP contribution in [0.4, 0.5) is 17.3 Å². The van der Waals surface area contributed by atoms with Crippen LogP contribution in [-0.4, -0.2) is 7.25 Å². The largest absolute Gasteiger partial charge is 0.673 e. The second-order valence-corrected chi connectivity index (χ2v) is 5.48. The molecule has 0 aliphatic heterocycles. The van der Waals surface area contributed by atoms with E-state index in [4.69, 9.17) is 11.6 Å². The van der Waals surface area contributed by atoms with Crippen molar-refractivity contribution in [3.05, 3.63) is 60.6 Å². The third kappa shape index (κ3) is 11.8. The maximum atomic E-state index is 9.75. The van der Waals surface area contributed by atoms with Gasteiger partial charge in [-0.3, -0.25) is 0 Å². The summed E-state index contributed by atoms with van der Waals surface area (Å²) in [5.41, 5.74) is 0. The van der Waals surface area contributed by atoms with Gasteiger partial charge in [-0.05, 0) is 61.7 Å². The minimum Gasteiger partial charge on any atom is -0.418 e. The van der Waals surface area contributed by atoms with Gasteiger partial charge in [-0.2, -0.15) is 0 Å². The Hall–Kier alpha value is 0.724. The van der Waals surface area contributed by atoms with Crippen molar-refractivity contribution in [2.24, 2.45) is 0 Å². The molecule has 2 fully saturated rings. The molecule has 0 atom stereocenters. The number of halogens is 5. The summed E-state index contributed by atoms with van der Waals surface area (Å²) in [6.07, 6.45) is 8.86. The summed E-state index contributed by atoms with van der Waals surface area (Å²) < 4.78 is 39.0. The molecule has 133 valence electrons. The molecule has 0 spiro atoms. The summed E-state index contributed by atoms with van der Waals surface area (Å²) in [4.78, 5) is 0. The molecule has 2 saturated carbocycles. The van der Waals surface area contributed by atoms with Crippen molar-refractivity contribution in [3.63, 3.8) is 0 Å². The van der Waals surface area contributed by atoms with E-state index < -0.39 is 7.25 Å². The standard InChI is InChI=1S/C10H15.C6H6Cl.BF4.Ir/c1-6-7(2)9(4)10(5)8(6)3;7-6-4-2-1-3-5-6;2-1(3,4)5;/h1-5H3;1-2,4-5H,3H2;;/q;;-1;. The summed E-state index contributed by atoms with van der Waals surface area (Å²) in [5.74, 6) is 7.34. The molecule has 2 rings (SSSR count). The predicted octanol–water partition coefficient (Wildman–Crippen LogP) is 6.25. The normalized spacial score (nSPS) is 22.7. The van der Waals surface area contributed by atoms with Crippen LogP contribution in [0.5, 0.6) is 0 Å². The molecular formula is C16H21BClF4Ir-. The van der Waals surface area contributed by atoms with E-state index in [0.29, 0.717) is 0 Å². The fourth-order valence-corrected chi connectivity index (χ4v) is 2.06. The second-order valence-electron chi connectivity index (χ2n) is 5.04. The van der Waals surface area contributed by atoms with Crippen molar-refractivity contribution in [2.45, 2.75) is 41.0 Å². The smallest absolute Gasteiger partial charge is 0.418 e. The Morgan fingerprint density at radius 1 is 0.826 bits per heavy atom. The zero-order valence-electron chi connectivity index (χ0n) is 13.8. The first-order valence-corrected chi connectivity index (χ1v) is 7.25. The molecule has 11 radical (unpaired) electrons. The van der Waals surface area contributed by atoms with Crippen molar-refractivity contribution >= 4 is 18.9 Å². The summed E-state index contributed by atoms with van der Waals surface area (Å²) in [5, 5.41) is 0.850. The molecule has 0 aromatic carbocycles. The first-order valence-electron chi connectivity index (χ1n) is 6.87. The Balaban J connectivity index is 0. The summed E-state index contributed by atoms with van der Waals surface area (Å²) in [6.45, 7) is 11.0. The van der Waals surface area contributed by atoms with Gasteiger partial charge >= 0.3 is 7.25 Å². The summed E-state index contributed by atoms with van der Waals surface area (Å²) in [7, 11) is -6.00. The Kier molecular flexibility index (Phi) is 13.7. The minimum absolute atomic E-state index is 0. The first-order chi connectivity index (χ1) is 9.95. The quantitative estimate of drug-likeness (QED) is 0.258. The molecule has 0 nitrogen and oxygen atoms in total. The van der Waals surface area contributed by atoms with Crippen LogP contribution in [0.25, 0.3) is 0 Å². The zero-order chi connectivity index (χ0) is 17.5. The molecule has 0 aromatic heterocycles. The second kappa shape index (κ2) is 12.1. The molecule has 0 unspecified atom stereocenters. The van der Waals surface area contributed by atoms with Crippen LogP contribution in [0.3, 0.4) is 0 Å². The van der Waals surface area contributed by atoms with E-state index in [-0.39, 0.29) is 20.1 Å². The van der Waals surface area contributed by atoms with Crippen LogP contribution in [0, 0.1) is 60.6 Å².